The van der Waals surface area contributed by atoms with Crippen LogP contribution < -0.4 is 10.6 Å². The molecule has 2 heterocycles. The first-order valence-electron chi connectivity index (χ1n) is 9.31. The van der Waals surface area contributed by atoms with Crippen molar-refractivity contribution in [3.8, 4) is 0 Å². The molecule has 0 saturated carbocycles. The Morgan fingerprint density at radius 2 is 1.85 bits per heavy atom. The van der Waals surface area contributed by atoms with Crippen LogP contribution in [0.2, 0.25) is 0 Å². The minimum Gasteiger partial charge on any atom is -0.340 e. The lowest BCUT2D eigenvalue weighted by Crippen LogP contribution is -2.49. The summed E-state index contributed by atoms with van der Waals surface area (Å²) in [6, 6.07) is 8.16. The first-order valence-corrected chi connectivity index (χ1v) is 10.2. The number of likely N-dealkylation sites (tertiary alicyclic amines) is 1. The lowest BCUT2D eigenvalue weighted by atomic mass is 10.2. The fourth-order valence-electron chi connectivity index (χ4n) is 3.62. The number of nitrogens with one attached hydrogen (secondary N) is 2. The number of carbonyl (C=O) groups is 2. The molecule has 2 amide bonds. The summed E-state index contributed by atoms with van der Waals surface area (Å²) in [5.41, 5.74) is 0.777. The van der Waals surface area contributed by atoms with Crippen LogP contribution >= 0.6 is 24.2 Å². The Labute approximate surface area is 171 Å². The summed E-state index contributed by atoms with van der Waals surface area (Å²) < 4.78 is 0. The number of piperazine rings is 1. The number of carbonyl (C=O) groups excluding carboxylic acids is 2. The summed E-state index contributed by atoms with van der Waals surface area (Å²) in [5, 5.41) is 6.03. The van der Waals surface area contributed by atoms with Gasteiger partial charge in [-0.3, -0.25) is 14.5 Å². The molecule has 0 aromatic heterocycles. The maximum Gasteiger partial charge on any atom is 0.235 e. The van der Waals surface area contributed by atoms with Gasteiger partial charge in [-0.05, 0) is 37.6 Å². The van der Waals surface area contributed by atoms with E-state index in [4.69, 9.17) is 0 Å². The van der Waals surface area contributed by atoms with E-state index >= 15 is 0 Å². The van der Waals surface area contributed by atoms with Gasteiger partial charge >= 0.3 is 0 Å². The first kappa shape index (κ1) is 22.0. The standard InChI is InChI=1S/C19H28N4O2S.ClH/c1-14(26-18-5-3-16(4-6-18)21-15(2)24)19(25)23-10-7-17(13-23)22-11-8-20-9-12-22;/h3-6,14,17,20H,7-13H2,1-2H3,(H,21,24);1H. The second-order valence-corrected chi connectivity index (χ2v) is 8.39. The van der Waals surface area contributed by atoms with Crippen molar-refractivity contribution in [3.63, 3.8) is 0 Å². The maximum absolute atomic E-state index is 12.8. The molecule has 0 spiro atoms. The SMILES string of the molecule is CC(=O)Nc1ccc(SC(C)C(=O)N2CCC(N3CCNCC3)C2)cc1.Cl. The zero-order valence-corrected chi connectivity index (χ0v) is 17.6. The van der Waals surface area contributed by atoms with Crippen molar-refractivity contribution in [2.45, 2.75) is 36.5 Å². The van der Waals surface area contributed by atoms with E-state index in [0.29, 0.717) is 6.04 Å². The van der Waals surface area contributed by atoms with Crippen LogP contribution in [0.1, 0.15) is 20.3 Å². The minimum atomic E-state index is -0.108. The van der Waals surface area contributed by atoms with Gasteiger partial charge in [0, 0.05) is 62.8 Å². The molecular weight excluding hydrogens is 384 g/mol. The Kier molecular flexibility index (Phi) is 8.41. The van der Waals surface area contributed by atoms with E-state index in [9.17, 15) is 9.59 Å². The highest BCUT2D eigenvalue weighted by Gasteiger charge is 2.32. The van der Waals surface area contributed by atoms with Crippen LogP contribution in [-0.4, -0.2) is 72.2 Å². The van der Waals surface area contributed by atoms with Gasteiger partial charge in [-0.25, -0.2) is 0 Å². The molecule has 1 aromatic rings. The molecule has 2 aliphatic heterocycles. The average molecular weight is 413 g/mol. The van der Waals surface area contributed by atoms with Crippen molar-refractivity contribution in [1.82, 2.24) is 15.1 Å². The maximum atomic E-state index is 12.8. The Morgan fingerprint density at radius 3 is 2.48 bits per heavy atom. The van der Waals surface area contributed by atoms with Crippen LogP contribution in [0.25, 0.3) is 0 Å². The number of hydrogen-bond acceptors (Lipinski definition) is 5. The molecule has 0 aliphatic carbocycles. The van der Waals surface area contributed by atoms with E-state index in [1.807, 2.05) is 36.1 Å². The van der Waals surface area contributed by atoms with Crippen LogP contribution in [0.4, 0.5) is 5.69 Å². The van der Waals surface area contributed by atoms with E-state index in [2.05, 4.69) is 15.5 Å². The quantitative estimate of drug-likeness (QED) is 0.724. The topological polar surface area (TPSA) is 64.7 Å². The predicted octanol–water partition coefficient (Wildman–Crippen LogP) is 2.05. The molecule has 0 bridgehead atoms. The Balaban J connectivity index is 0.00000261. The fraction of sp³-hybridized carbons (Fsp3) is 0.579. The Morgan fingerprint density at radius 1 is 1.19 bits per heavy atom. The third-order valence-corrected chi connectivity index (χ3v) is 6.08. The molecular formula is C19H29ClN4O2S. The molecule has 27 heavy (non-hydrogen) atoms. The second-order valence-electron chi connectivity index (χ2n) is 6.98. The highest BCUT2D eigenvalue weighted by Crippen LogP contribution is 2.27. The third kappa shape index (κ3) is 6.10. The molecule has 2 atom stereocenters. The van der Waals surface area contributed by atoms with Crippen LogP contribution in [-0.2, 0) is 9.59 Å². The van der Waals surface area contributed by atoms with Crippen molar-refractivity contribution in [2.75, 3.05) is 44.6 Å². The summed E-state index contributed by atoms with van der Waals surface area (Å²) >= 11 is 1.58. The molecule has 2 fully saturated rings. The number of hydrogen-bond donors (Lipinski definition) is 2. The Hall–Kier alpha value is -1.28. The summed E-state index contributed by atoms with van der Waals surface area (Å²) in [7, 11) is 0. The van der Waals surface area contributed by atoms with Gasteiger partial charge < -0.3 is 15.5 Å². The lowest BCUT2D eigenvalue weighted by molar-refractivity contribution is -0.129. The minimum absolute atomic E-state index is 0. The summed E-state index contributed by atoms with van der Waals surface area (Å²) in [6.07, 6.45) is 1.08. The van der Waals surface area contributed by atoms with Gasteiger partial charge in [0.15, 0.2) is 0 Å². The molecule has 2 saturated heterocycles. The largest absolute Gasteiger partial charge is 0.340 e. The molecule has 6 nitrogen and oxygen atoms in total. The highest BCUT2D eigenvalue weighted by atomic mass is 35.5. The number of benzene rings is 1. The van der Waals surface area contributed by atoms with Crippen molar-refractivity contribution in [1.29, 1.82) is 0 Å². The molecule has 0 radical (unpaired) electrons. The number of nitrogens with zero attached hydrogens (tertiary/aromatic N) is 2. The van der Waals surface area contributed by atoms with Gasteiger partial charge in [0.1, 0.15) is 0 Å². The zero-order chi connectivity index (χ0) is 18.5. The molecule has 8 heteroatoms. The highest BCUT2D eigenvalue weighted by molar-refractivity contribution is 8.00. The molecule has 2 aliphatic rings. The van der Waals surface area contributed by atoms with Crippen molar-refractivity contribution >= 4 is 41.7 Å². The molecule has 1 aromatic carbocycles. The van der Waals surface area contributed by atoms with E-state index in [1.54, 1.807) is 11.8 Å². The van der Waals surface area contributed by atoms with Gasteiger partial charge in [0.2, 0.25) is 11.8 Å². The third-order valence-electron chi connectivity index (χ3n) is 4.98. The monoisotopic (exact) mass is 412 g/mol. The normalized spacial score (nSPS) is 21.4. The zero-order valence-electron chi connectivity index (χ0n) is 15.9. The van der Waals surface area contributed by atoms with Gasteiger partial charge in [0.25, 0.3) is 0 Å². The summed E-state index contributed by atoms with van der Waals surface area (Å²) in [5.74, 6) is 0.139. The number of halogens is 1. The van der Waals surface area contributed by atoms with E-state index in [1.165, 1.54) is 6.92 Å². The van der Waals surface area contributed by atoms with Gasteiger partial charge in [-0.2, -0.15) is 0 Å². The number of rotatable bonds is 5. The number of amides is 2. The average Bonchev–Trinajstić information content (AvgIpc) is 3.13. The Bertz CT molecular complexity index is 637. The van der Waals surface area contributed by atoms with Crippen LogP contribution in [0.5, 0.6) is 0 Å². The lowest BCUT2D eigenvalue weighted by Gasteiger charge is -2.32. The molecule has 150 valence electrons. The van der Waals surface area contributed by atoms with Crippen molar-refractivity contribution < 1.29 is 9.59 Å². The van der Waals surface area contributed by atoms with E-state index < -0.39 is 0 Å². The van der Waals surface area contributed by atoms with Crippen LogP contribution in [0.3, 0.4) is 0 Å². The smallest absolute Gasteiger partial charge is 0.235 e. The predicted molar refractivity (Wildman–Crippen MR) is 113 cm³/mol. The second kappa shape index (κ2) is 10.3. The fourth-order valence-corrected chi connectivity index (χ4v) is 4.57. The van der Waals surface area contributed by atoms with E-state index in [0.717, 1.165) is 56.3 Å². The number of thioether (sulfide) groups is 1. The van der Waals surface area contributed by atoms with Gasteiger partial charge in [-0.1, -0.05) is 0 Å². The molecule has 3 rings (SSSR count). The molecule has 2 unspecified atom stereocenters. The first-order chi connectivity index (χ1) is 12.5. The summed E-state index contributed by atoms with van der Waals surface area (Å²) in [6.45, 7) is 9.44. The van der Waals surface area contributed by atoms with E-state index in [-0.39, 0.29) is 29.5 Å². The van der Waals surface area contributed by atoms with Crippen molar-refractivity contribution in [2.24, 2.45) is 0 Å². The van der Waals surface area contributed by atoms with Gasteiger partial charge in [-0.15, -0.1) is 24.2 Å². The molecule has 2 N–H and O–H groups in total. The van der Waals surface area contributed by atoms with Gasteiger partial charge in [0.05, 0.1) is 5.25 Å². The van der Waals surface area contributed by atoms with Crippen LogP contribution in [0, 0.1) is 0 Å². The van der Waals surface area contributed by atoms with Crippen molar-refractivity contribution in [3.05, 3.63) is 24.3 Å². The number of anilines is 1. The van der Waals surface area contributed by atoms with Crippen LogP contribution in [0.15, 0.2) is 29.2 Å². The summed E-state index contributed by atoms with van der Waals surface area (Å²) in [4.78, 5) is 29.5.